The molecule has 0 aliphatic carbocycles. The lowest BCUT2D eigenvalue weighted by molar-refractivity contribution is -0.385. The number of rotatable bonds is 6. The maximum atomic E-state index is 12.3. The molecule has 1 aliphatic rings. The number of ether oxygens (including phenoxy) is 3. The quantitative estimate of drug-likeness (QED) is 0.529. The third kappa shape index (κ3) is 3.66. The normalized spacial score (nSPS) is 18.0. The number of carbonyl (C=O) groups is 1. The number of non-ortho nitro benzene ring substituents is 1. The molecule has 0 radical (unpaired) electrons. The van der Waals surface area contributed by atoms with Gasteiger partial charge in [-0.05, 0) is 30.2 Å². The van der Waals surface area contributed by atoms with Crippen molar-refractivity contribution in [1.29, 1.82) is 0 Å². The fourth-order valence-corrected chi connectivity index (χ4v) is 3.79. The van der Waals surface area contributed by atoms with Crippen molar-refractivity contribution in [3.63, 3.8) is 0 Å². The predicted molar refractivity (Wildman–Crippen MR) is 110 cm³/mol. The molecule has 0 saturated carbocycles. The van der Waals surface area contributed by atoms with Crippen LogP contribution in [-0.4, -0.2) is 42.9 Å². The van der Waals surface area contributed by atoms with Crippen molar-refractivity contribution in [2.24, 2.45) is 5.10 Å². The van der Waals surface area contributed by atoms with Gasteiger partial charge in [0.15, 0.2) is 11.5 Å². The number of nitro groups is 1. The molecular weight excluding hydrogens is 390 g/mol. The van der Waals surface area contributed by atoms with Crippen molar-refractivity contribution >= 4 is 17.3 Å². The van der Waals surface area contributed by atoms with Crippen LogP contribution in [0.2, 0.25) is 0 Å². The third-order valence-electron chi connectivity index (χ3n) is 5.09. The van der Waals surface area contributed by atoms with Gasteiger partial charge >= 0.3 is 0 Å². The first kappa shape index (κ1) is 21.1. The van der Waals surface area contributed by atoms with Crippen LogP contribution in [0.15, 0.2) is 41.5 Å². The van der Waals surface area contributed by atoms with E-state index in [0.29, 0.717) is 28.5 Å². The van der Waals surface area contributed by atoms with Crippen molar-refractivity contribution in [1.82, 2.24) is 5.01 Å². The average Bonchev–Trinajstić information content (AvgIpc) is 3.10. The van der Waals surface area contributed by atoms with Gasteiger partial charge in [-0.1, -0.05) is 12.1 Å². The number of hydrazone groups is 1. The molecule has 0 fully saturated rings. The predicted octanol–water partition coefficient (Wildman–Crippen LogP) is 3.68. The first-order chi connectivity index (χ1) is 14.3. The monoisotopic (exact) mass is 413 g/mol. The standard InChI is InChI=1S/C21H23N3O6/c1-12-19(15-10-17(28-3)21(30-5)18(11-15)29-4)20(23(22-12)13(2)25)14-7-6-8-16(9-14)24(26)27/h6-11,19-20H,1-5H3. The summed E-state index contributed by atoms with van der Waals surface area (Å²) in [6.07, 6.45) is 0. The van der Waals surface area contributed by atoms with E-state index in [0.717, 1.165) is 5.56 Å². The van der Waals surface area contributed by atoms with E-state index in [9.17, 15) is 14.9 Å². The number of hydrogen-bond donors (Lipinski definition) is 0. The lowest BCUT2D eigenvalue weighted by Crippen LogP contribution is -2.28. The Balaban J connectivity index is 2.19. The van der Waals surface area contributed by atoms with E-state index in [4.69, 9.17) is 14.2 Å². The van der Waals surface area contributed by atoms with Gasteiger partial charge in [-0.3, -0.25) is 14.9 Å². The Morgan fingerprint density at radius 3 is 2.20 bits per heavy atom. The summed E-state index contributed by atoms with van der Waals surface area (Å²) in [5.74, 6) is 0.773. The molecule has 9 nitrogen and oxygen atoms in total. The van der Waals surface area contributed by atoms with Gasteiger partial charge in [0.25, 0.3) is 5.69 Å². The number of methoxy groups -OCH3 is 3. The summed E-state index contributed by atoms with van der Waals surface area (Å²) in [5, 5.41) is 17.1. The van der Waals surface area contributed by atoms with E-state index in [-0.39, 0.29) is 17.5 Å². The van der Waals surface area contributed by atoms with Gasteiger partial charge in [0.2, 0.25) is 11.7 Å². The minimum absolute atomic E-state index is 0.0517. The van der Waals surface area contributed by atoms with Gasteiger partial charge < -0.3 is 14.2 Å². The number of carbonyl (C=O) groups excluding carboxylic acids is 1. The molecule has 9 heteroatoms. The number of hydrogen-bond acceptors (Lipinski definition) is 7. The highest BCUT2D eigenvalue weighted by Gasteiger charge is 2.40. The zero-order valence-corrected chi connectivity index (χ0v) is 17.4. The van der Waals surface area contributed by atoms with Crippen LogP contribution in [0.25, 0.3) is 0 Å². The highest BCUT2D eigenvalue weighted by Crippen LogP contribution is 2.47. The molecule has 30 heavy (non-hydrogen) atoms. The molecular formula is C21H23N3O6. The van der Waals surface area contributed by atoms with Gasteiger partial charge in [0.05, 0.1) is 38.2 Å². The zero-order chi connectivity index (χ0) is 22.0. The van der Waals surface area contributed by atoms with Crippen LogP contribution >= 0.6 is 0 Å². The van der Waals surface area contributed by atoms with Gasteiger partial charge in [0, 0.05) is 24.8 Å². The Hall–Kier alpha value is -3.62. The average molecular weight is 413 g/mol. The fourth-order valence-electron chi connectivity index (χ4n) is 3.79. The van der Waals surface area contributed by atoms with Crippen molar-refractivity contribution in [3.8, 4) is 17.2 Å². The molecule has 0 N–H and O–H groups in total. The van der Waals surface area contributed by atoms with E-state index < -0.39 is 11.0 Å². The summed E-state index contributed by atoms with van der Waals surface area (Å²) in [7, 11) is 4.57. The van der Waals surface area contributed by atoms with Crippen LogP contribution in [0.1, 0.15) is 36.9 Å². The van der Waals surface area contributed by atoms with Crippen LogP contribution in [-0.2, 0) is 4.79 Å². The smallest absolute Gasteiger partial charge is 0.269 e. The summed E-state index contributed by atoms with van der Waals surface area (Å²) in [4.78, 5) is 23.2. The van der Waals surface area contributed by atoms with Crippen LogP contribution < -0.4 is 14.2 Å². The summed E-state index contributed by atoms with van der Waals surface area (Å²) < 4.78 is 16.3. The molecule has 2 aromatic carbocycles. The molecule has 1 aliphatic heterocycles. The van der Waals surface area contributed by atoms with Crippen molar-refractivity contribution < 1.29 is 23.9 Å². The van der Waals surface area contributed by atoms with Gasteiger partial charge in [-0.2, -0.15) is 5.10 Å². The maximum Gasteiger partial charge on any atom is 0.269 e. The highest BCUT2D eigenvalue weighted by molar-refractivity contribution is 5.94. The van der Waals surface area contributed by atoms with E-state index >= 15 is 0 Å². The largest absolute Gasteiger partial charge is 0.493 e. The highest BCUT2D eigenvalue weighted by atomic mass is 16.6. The molecule has 0 saturated heterocycles. The topological polar surface area (TPSA) is 104 Å². The Bertz CT molecular complexity index is 995. The number of nitro benzene ring substituents is 1. The molecule has 1 amide bonds. The first-order valence-corrected chi connectivity index (χ1v) is 9.21. The molecule has 0 spiro atoms. The minimum Gasteiger partial charge on any atom is -0.493 e. The summed E-state index contributed by atoms with van der Waals surface area (Å²) in [6.45, 7) is 3.24. The SMILES string of the molecule is COc1cc(C2C(C)=NN(C(C)=O)C2c2cccc([N+](=O)[O-])c2)cc(OC)c1OC. The molecule has 1 heterocycles. The molecule has 3 rings (SSSR count). The number of benzene rings is 2. The Morgan fingerprint density at radius 1 is 1.07 bits per heavy atom. The Morgan fingerprint density at radius 2 is 1.70 bits per heavy atom. The van der Waals surface area contributed by atoms with Crippen molar-refractivity contribution in [2.75, 3.05) is 21.3 Å². The second-order valence-corrected chi connectivity index (χ2v) is 6.84. The third-order valence-corrected chi connectivity index (χ3v) is 5.09. The second-order valence-electron chi connectivity index (χ2n) is 6.84. The number of nitrogens with zero attached hydrogens (tertiary/aromatic N) is 3. The van der Waals surface area contributed by atoms with Crippen LogP contribution in [0, 0.1) is 10.1 Å². The summed E-state index contributed by atoms with van der Waals surface area (Å²) in [5.41, 5.74) is 2.03. The molecule has 158 valence electrons. The Kier molecular flexibility index (Phi) is 5.91. The lowest BCUT2D eigenvalue weighted by Gasteiger charge is -2.27. The minimum atomic E-state index is -0.551. The maximum absolute atomic E-state index is 12.3. The van der Waals surface area contributed by atoms with E-state index in [2.05, 4.69) is 5.10 Å². The van der Waals surface area contributed by atoms with Gasteiger partial charge in [-0.25, -0.2) is 5.01 Å². The van der Waals surface area contributed by atoms with E-state index in [1.165, 1.54) is 45.4 Å². The van der Waals surface area contributed by atoms with Crippen LogP contribution in [0.4, 0.5) is 5.69 Å². The Labute approximate surface area is 174 Å². The fraction of sp³-hybridized carbons (Fsp3) is 0.333. The molecule has 2 atom stereocenters. The van der Waals surface area contributed by atoms with Crippen LogP contribution in [0.3, 0.4) is 0 Å². The van der Waals surface area contributed by atoms with E-state index in [1.54, 1.807) is 24.3 Å². The number of amides is 1. The molecule has 2 aromatic rings. The van der Waals surface area contributed by atoms with E-state index in [1.807, 2.05) is 6.92 Å². The molecule has 0 aromatic heterocycles. The summed E-state index contributed by atoms with van der Waals surface area (Å²) in [6, 6.07) is 9.31. The molecule has 2 unspecified atom stereocenters. The van der Waals surface area contributed by atoms with Gasteiger partial charge in [0.1, 0.15) is 0 Å². The van der Waals surface area contributed by atoms with Crippen LogP contribution in [0.5, 0.6) is 17.2 Å². The summed E-state index contributed by atoms with van der Waals surface area (Å²) >= 11 is 0. The van der Waals surface area contributed by atoms with Gasteiger partial charge in [-0.15, -0.1) is 0 Å². The zero-order valence-electron chi connectivity index (χ0n) is 17.4. The van der Waals surface area contributed by atoms with Crippen molar-refractivity contribution in [2.45, 2.75) is 25.8 Å². The first-order valence-electron chi connectivity index (χ1n) is 9.21. The lowest BCUT2D eigenvalue weighted by atomic mass is 9.84. The second kappa shape index (κ2) is 8.40. The van der Waals surface area contributed by atoms with Crippen molar-refractivity contribution in [3.05, 3.63) is 57.6 Å². The molecule has 0 bridgehead atoms.